The Morgan fingerprint density at radius 2 is 1.45 bits per heavy atom. The number of likely N-dealkylation sites (N-methyl/N-ethyl adjacent to an activating group) is 1. The highest BCUT2D eigenvalue weighted by Gasteiger charge is 2.04. The first-order chi connectivity index (χ1) is 15.7. The van der Waals surface area contributed by atoms with Crippen LogP contribution in [0.1, 0.15) is 56.8 Å². The van der Waals surface area contributed by atoms with Gasteiger partial charge in [0, 0.05) is 51.3 Å². The van der Waals surface area contributed by atoms with Crippen LogP contribution in [0.2, 0.25) is 0 Å². The van der Waals surface area contributed by atoms with Crippen LogP contribution in [0.25, 0.3) is 0 Å². The quantitative estimate of drug-likeness (QED) is 0.256. The summed E-state index contributed by atoms with van der Waals surface area (Å²) in [4.78, 5) is 42.5. The number of carboxylic acids is 1. The Hall–Kier alpha value is -3.14. The van der Waals surface area contributed by atoms with Crippen LogP contribution >= 0.6 is 0 Å². The first-order valence-corrected chi connectivity index (χ1v) is 11.1. The molecule has 0 saturated heterocycles. The summed E-state index contributed by atoms with van der Waals surface area (Å²) in [7, 11) is 3.19. The smallest absolute Gasteiger partial charge is 0.317 e. The van der Waals surface area contributed by atoms with Gasteiger partial charge >= 0.3 is 5.97 Å². The van der Waals surface area contributed by atoms with E-state index in [1.54, 1.807) is 14.1 Å². The van der Waals surface area contributed by atoms with E-state index in [9.17, 15) is 19.2 Å². The van der Waals surface area contributed by atoms with E-state index in [2.05, 4.69) is 33.5 Å². The molecular weight excluding hydrogens is 426 g/mol. The van der Waals surface area contributed by atoms with Crippen molar-refractivity contribution in [3.05, 3.63) is 29.8 Å². The zero-order chi connectivity index (χ0) is 25.5. The summed E-state index contributed by atoms with van der Waals surface area (Å²) in [5.74, 6) is -0.826. The van der Waals surface area contributed by atoms with Crippen LogP contribution in [-0.4, -0.2) is 69.1 Å². The average Bonchev–Trinajstić information content (AvgIpc) is 2.78. The molecule has 0 aliphatic rings. The van der Waals surface area contributed by atoms with Gasteiger partial charge in [0.25, 0.3) is 5.91 Å². The summed E-state index contributed by atoms with van der Waals surface area (Å²) in [6.45, 7) is 7.68. The van der Waals surface area contributed by atoms with Crippen molar-refractivity contribution in [2.75, 3.05) is 45.6 Å². The van der Waals surface area contributed by atoms with Gasteiger partial charge in [-0.25, -0.2) is 0 Å². The molecule has 10 heteroatoms. The molecular formula is C23H41N5O5. The van der Waals surface area contributed by atoms with Gasteiger partial charge in [0.15, 0.2) is 0 Å². The maximum atomic E-state index is 12.0. The summed E-state index contributed by atoms with van der Waals surface area (Å²) >= 11 is 0. The van der Waals surface area contributed by atoms with Gasteiger partial charge < -0.3 is 31.7 Å². The third-order valence-electron chi connectivity index (χ3n) is 3.84. The molecule has 1 aromatic carbocycles. The summed E-state index contributed by atoms with van der Waals surface area (Å²) in [6.07, 6.45) is 3.21. The number of aliphatic carboxylic acids is 1. The standard InChI is InChI=1S/C17H27N3O2.C3H7NO2.C3H7NO/c1-3-6-16(21)19-12-5-13-20-17(22)14-7-9-15(10-8-14)18-11-4-2;1-4-2-3(5)6;1-3(5)4-2/h7-10,18H,3-6,11-13H2,1-2H3,(H,19,21)(H,20,22);4H,2H2,1H3,(H,5,6);1-2H3,(H,4,5). The summed E-state index contributed by atoms with van der Waals surface area (Å²) in [5, 5.41) is 21.7. The van der Waals surface area contributed by atoms with Crippen LogP contribution in [0.3, 0.4) is 0 Å². The first-order valence-electron chi connectivity index (χ1n) is 11.1. The molecule has 0 heterocycles. The molecule has 6 N–H and O–H groups in total. The first kappa shape index (κ1) is 32.0. The highest BCUT2D eigenvalue weighted by molar-refractivity contribution is 5.94. The number of benzene rings is 1. The fourth-order valence-electron chi connectivity index (χ4n) is 2.10. The number of nitrogens with one attached hydrogen (secondary N) is 5. The number of carbonyl (C=O) groups is 4. The minimum Gasteiger partial charge on any atom is -0.480 e. The third-order valence-corrected chi connectivity index (χ3v) is 3.84. The molecule has 33 heavy (non-hydrogen) atoms. The minimum absolute atomic E-state index is 0.00463. The second-order valence-electron chi connectivity index (χ2n) is 6.94. The van der Waals surface area contributed by atoms with Crippen LogP contribution in [0, 0.1) is 0 Å². The van der Waals surface area contributed by atoms with E-state index in [4.69, 9.17) is 5.11 Å². The van der Waals surface area contributed by atoms with E-state index in [1.807, 2.05) is 31.2 Å². The van der Waals surface area contributed by atoms with E-state index in [0.29, 0.717) is 25.1 Å². The number of carbonyl (C=O) groups excluding carboxylic acids is 3. The SMILES string of the molecule is CCCNc1ccc(C(=O)NCCCNC(=O)CCC)cc1.CNC(C)=O.CNCC(=O)O. The second-order valence-corrected chi connectivity index (χ2v) is 6.94. The molecule has 0 aliphatic carbocycles. The molecule has 3 amide bonds. The Labute approximate surface area is 197 Å². The van der Waals surface area contributed by atoms with Crippen LogP contribution < -0.4 is 26.6 Å². The molecule has 0 spiro atoms. The van der Waals surface area contributed by atoms with Crippen LogP contribution in [0.4, 0.5) is 5.69 Å². The molecule has 0 aromatic heterocycles. The van der Waals surface area contributed by atoms with Crippen LogP contribution in [0.15, 0.2) is 24.3 Å². The Bertz CT molecular complexity index is 680. The van der Waals surface area contributed by atoms with Crippen LogP contribution in [0.5, 0.6) is 0 Å². The fraction of sp³-hybridized carbons (Fsp3) is 0.565. The normalized spacial score (nSPS) is 9.24. The largest absolute Gasteiger partial charge is 0.480 e. The van der Waals surface area contributed by atoms with Gasteiger partial charge in [0.2, 0.25) is 11.8 Å². The number of amides is 3. The number of anilines is 1. The Morgan fingerprint density at radius 3 is 1.88 bits per heavy atom. The van der Waals surface area contributed by atoms with Crippen molar-refractivity contribution in [3.8, 4) is 0 Å². The van der Waals surface area contributed by atoms with Crippen LogP contribution in [-0.2, 0) is 14.4 Å². The maximum absolute atomic E-state index is 12.0. The Balaban J connectivity index is 0. The van der Waals surface area contributed by atoms with Gasteiger partial charge in [-0.1, -0.05) is 13.8 Å². The number of hydrogen-bond acceptors (Lipinski definition) is 6. The summed E-state index contributed by atoms with van der Waals surface area (Å²) in [5.41, 5.74) is 1.68. The highest BCUT2D eigenvalue weighted by Crippen LogP contribution is 2.09. The monoisotopic (exact) mass is 467 g/mol. The molecule has 1 aromatic rings. The van der Waals surface area contributed by atoms with Crippen molar-refractivity contribution in [3.63, 3.8) is 0 Å². The fourth-order valence-corrected chi connectivity index (χ4v) is 2.10. The van der Waals surface area contributed by atoms with Gasteiger partial charge in [-0.2, -0.15) is 0 Å². The lowest BCUT2D eigenvalue weighted by Gasteiger charge is -2.08. The lowest BCUT2D eigenvalue weighted by atomic mass is 10.2. The Kier molecular flexibility index (Phi) is 21.4. The van der Waals surface area contributed by atoms with E-state index in [1.165, 1.54) is 6.92 Å². The Morgan fingerprint density at radius 1 is 0.879 bits per heavy atom. The predicted octanol–water partition coefficient (Wildman–Crippen LogP) is 1.59. The molecule has 0 bridgehead atoms. The maximum Gasteiger partial charge on any atom is 0.317 e. The molecule has 188 valence electrons. The van der Waals surface area contributed by atoms with Gasteiger partial charge in [-0.3, -0.25) is 19.2 Å². The zero-order valence-electron chi connectivity index (χ0n) is 20.5. The lowest BCUT2D eigenvalue weighted by molar-refractivity contribution is -0.135. The van der Waals surface area contributed by atoms with E-state index >= 15 is 0 Å². The average molecular weight is 468 g/mol. The molecule has 0 aliphatic heterocycles. The summed E-state index contributed by atoms with van der Waals surface area (Å²) < 4.78 is 0. The third kappa shape index (κ3) is 21.9. The van der Waals surface area contributed by atoms with Crippen molar-refractivity contribution in [2.24, 2.45) is 0 Å². The molecule has 0 atom stereocenters. The topological polar surface area (TPSA) is 149 Å². The molecule has 0 radical (unpaired) electrons. The highest BCUT2D eigenvalue weighted by atomic mass is 16.4. The number of hydrogen-bond donors (Lipinski definition) is 6. The molecule has 0 fully saturated rings. The second kappa shape index (κ2) is 22.1. The van der Waals surface area contributed by atoms with Gasteiger partial charge in [-0.15, -0.1) is 0 Å². The van der Waals surface area contributed by atoms with Crippen molar-refractivity contribution in [1.29, 1.82) is 0 Å². The van der Waals surface area contributed by atoms with E-state index < -0.39 is 5.97 Å². The van der Waals surface area contributed by atoms with Crippen molar-refractivity contribution < 1.29 is 24.3 Å². The van der Waals surface area contributed by atoms with Gasteiger partial charge in [0.05, 0.1) is 6.54 Å². The van der Waals surface area contributed by atoms with Crippen molar-refractivity contribution in [2.45, 2.75) is 46.5 Å². The predicted molar refractivity (Wildman–Crippen MR) is 131 cm³/mol. The zero-order valence-corrected chi connectivity index (χ0v) is 20.5. The molecule has 1 rings (SSSR count). The van der Waals surface area contributed by atoms with E-state index in [-0.39, 0.29) is 24.3 Å². The molecule has 0 saturated carbocycles. The number of carboxylic acid groups (broad SMARTS) is 1. The minimum atomic E-state index is -0.822. The molecule has 0 unspecified atom stereocenters. The van der Waals surface area contributed by atoms with Gasteiger partial charge in [-0.05, 0) is 50.6 Å². The lowest BCUT2D eigenvalue weighted by Crippen LogP contribution is -2.29. The van der Waals surface area contributed by atoms with E-state index in [0.717, 1.165) is 31.5 Å². The van der Waals surface area contributed by atoms with Gasteiger partial charge in [0.1, 0.15) is 0 Å². The van der Waals surface area contributed by atoms with Crippen molar-refractivity contribution in [1.82, 2.24) is 21.3 Å². The number of rotatable bonds is 12. The summed E-state index contributed by atoms with van der Waals surface area (Å²) in [6, 6.07) is 7.46. The van der Waals surface area contributed by atoms with Crippen molar-refractivity contribution >= 4 is 29.4 Å². The molecule has 10 nitrogen and oxygen atoms in total.